The molecule has 0 spiro atoms. The van der Waals surface area contributed by atoms with E-state index >= 15 is 0 Å². The van der Waals surface area contributed by atoms with Crippen LogP contribution < -0.4 is 5.73 Å². The van der Waals surface area contributed by atoms with Crippen LogP contribution in [-0.2, 0) is 6.18 Å². The van der Waals surface area contributed by atoms with E-state index in [9.17, 15) is 13.2 Å². The van der Waals surface area contributed by atoms with Crippen LogP contribution in [-0.4, -0.2) is 11.7 Å². The molecule has 1 aromatic rings. The van der Waals surface area contributed by atoms with Gasteiger partial charge >= 0.3 is 6.18 Å². The number of rotatable bonds is 2. The van der Waals surface area contributed by atoms with Gasteiger partial charge in [-0.25, -0.2) is 4.99 Å². The molecule has 2 N–H and O–H groups in total. The molecular formula is C9H7ClF3IN2. The largest absolute Gasteiger partial charge is 0.416 e. The Morgan fingerprint density at radius 3 is 2.50 bits per heavy atom. The Morgan fingerprint density at radius 2 is 2.00 bits per heavy atom. The standard InChI is InChI=1S/C9H7ClF3IN2/c10-4-8(15)16-7-2-5(9(11,12)13)1-6(14)3-7/h1-3H,4H2,(H2,15,16). The molecule has 16 heavy (non-hydrogen) atoms. The smallest absolute Gasteiger partial charge is 0.386 e. The average molecular weight is 363 g/mol. The first-order valence-electron chi connectivity index (χ1n) is 4.09. The highest BCUT2D eigenvalue weighted by atomic mass is 127. The summed E-state index contributed by atoms with van der Waals surface area (Å²) in [6.07, 6.45) is -4.39. The predicted molar refractivity (Wildman–Crippen MR) is 66.2 cm³/mol. The fourth-order valence-electron chi connectivity index (χ4n) is 0.998. The zero-order chi connectivity index (χ0) is 12.3. The number of nitrogens with zero attached hydrogens (tertiary/aromatic N) is 1. The molecule has 0 amide bonds. The van der Waals surface area contributed by atoms with E-state index in [0.29, 0.717) is 3.57 Å². The van der Waals surface area contributed by atoms with Gasteiger partial charge in [0.15, 0.2) is 0 Å². The molecule has 0 fully saturated rings. The van der Waals surface area contributed by atoms with Gasteiger partial charge in [-0.1, -0.05) is 0 Å². The summed E-state index contributed by atoms with van der Waals surface area (Å²) in [5.74, 6) is 0.0594. The van der Waals surface area contributed by atoms with E-state index in [0.717, 1.165) is 12.1 Å². The minimum atomic E-state index is -4.39. The van der Waals surface area contributed by atoms with Crippen LogP contribution in [0, 0.1) is 3.57 Å². The average Bonchev–Trinajstić information content (AvgIpc) is 2.15. The Balaban J connectivity index is 3.19. The summed E-state index contributed by atoms with van der Waals surface area (Å²) in [4.78, 5) is 3.77. The van der Waals surface area contributed by atoms with E-state index in [1.807, 2.05) is 0 Å². The van der Waals surface area contributed by atoms with E-state index in [2.05, 4.69) is 4.99 Å². The molecule has 0 unspecified atom stereocenters. The van der Waals surface area contributed by atoms with E-state index in [-0.39, 0.29) is 17.4 Å². The van der Waals surface area contributed by atoms with Crippen LogP contribution in [0.1, 0.15) is 5.56 Å². The Kier molecular flexibility index (Phi) is 4.43. The molecule has 0 heterocycles. The number of halogens is 5. The van der Waals surface area contributed by atoms with E-state index < -0.39 is 11.7 Å². The predicted octanol–water partition coefficient (Wildman–Crippen LogP) is 3.54. The van der Waals surface area contributed by atoms with Gasteiger partial charge in [0.1, 0.15) is 5.84 Å². The Morgan fingerprint density at radius 1 is 1.38 bits per heavy atom. The van der Waals surface area contributed by atoms with Crippen molar-refractivity contribution >= 4 is 45.7 Å². The van der Waals surface area contributed by atoms with Crippen molar-refractivity contribution in [2.75, 3.05) is 5.88 Å². The summed E-state index contributed by atoms with van der Waals surface area (Å²) < 4.78 is 37.8. The molecule has 0 aliphatic rings. The van der Waals surface area contributed by atoms with Crippen molar-refractivity contribution < 1.29 is 13.2 Å². The first kappa shape index (κ1) is 13.6. The van der Waals surface area contributed by atoms with Gasteiger partial charge in [0.25, 0.3) is 0 Å². The van der Waals surface area contributed by atoms with Gasteiger partial charge in [-0.05, 0) is 40.8 Å². The monoisotopic (exact) mass is 362 g/mol. The van der Waals surface area contributed by atoms with Crippen molar-refractivity contribution in [1.29, 1.82) is 0 Å². The van der Waals surface area contributed by atoms with Crippen LogP contribution in [0.2, 0.25) is 0 Å². The molecule has 1 aromatic carbocycles. The van der Waals surface area contributed by atoms with Crippen molar-refractivity contribution in [1.82, 2.24) is 0 Å². The van der Waals surface area contributed by atoms with E-state index in [1.165, 1.54) is 6.07 Å². The third kappa shape index (κ3) is 3.82. The highest BCUT2D eigenvalue weighted by Gasteiger charge is 2.31. The van der Waals surface area contributed by atoms with Crippen molar-refractivity contribution in [3.05, 3.63) is 27.3 Å². The van der Waals surface area contributed by atoms with E-state index in [1.54, 1.807) is 22.6 Å². The zero-order valence-corrected chi connectivity index (χ0v) is 10.8. The molecule has 1 rings (SSSR count). The summed E-state index contributed by atoms with van der Waals surface area (Å²) in [6.45, 7) is 0. The van der Waals surface area contributed by atoms with Gasteiger partial charge in [0.05, 0.1) is 17.1 Å². The number of benzene rings is 1. The quantitative estimate of drug-likeness (QED) is 0.372. The third-order valence-electron chi connectivity index (χ3n) is 1.62. The van der Waals surface area contributed by atoms with Crippen LogP contribution in [0.3, 0.4) is 0 Å². The lowest BCUT2D eigenvalue weighted by molar-refractivity contribution is -0.137. The summed E-state index contributed by atoms with van der Waals surface area (Å²) in [6, 6.07) is 3.47. The number of alkyl halides is 4. The molecule has 0 aliphatic heterocycles. The van der Waals surface area contributed by atoms with Crippen molar-refractivity contribution in [3.8, 4) is 0 Å². The molecule has 7 heteroatoms. The van der Waals surface area contributed by atoms with Crippen LogP contribution in [0.15, 0.2) is 23.2 Å². The maximum atomic E-state index is 12.5. The normalized spacial score (nSPS) is 12.9. The Labute approximate surface area is 109 Å². The van der Waals surface area contributed by atoms with Crippen molar-refractivity contribution in [2.45, 2.75) is 6.18 Å². The minimum absolute atomic E-state index is 0.0210. The Bertz CT molecular complexity index is 418. The molecular weight excluding hydrogens is 355 g/mol. The second-order valence-electron chi connectivity index (χ2n) is 2.93. The van der Waals surface area contributed by atoms with Crippen LogP contribution in [0.5, 0.6) is 0 Å². The van der Waals surface area contributed by atoms with Crippen LogP contribution in [0.4, 0.5) is 18.9 Å². The maximum Gasteiger partial charge on any atom is 0.416 e. The molecule has 2 nitrogen and oxygen atoms in total. The fraction of sp³-hybridized carbons (Fsp3) is 0.222. The first-order chi connectivity index (χ1) is 7.32. The molecule has 0 radical (unpaired) electrons. The fourth-order valence-corrected chi connectivity index (χ4v) is 1.71. The lowest BCUT2D eigenvalue weighted by atomic mass is 10.2. The van der Waals surface area contributed by atoms with Crippen LogP contribution in [0.25, 0.3) is 0 Å². The number of hydrogen-bond acceptors (Lipinski definition) is 1. The first-order valence-corrected chi connectivity index (χ1v) is 5.71. The van der Waals surface area contributed by atoms with Gasteiger partial charge in [-0.2, -0.15) is 13.2 Å². The second kappa shape index (κ2) is 5.22. The molecule has 0 atom stereocenters. The maximum absolute atomic E-state index is 12.5. The van der Waals surface area contributed by atoms with Gasteiger partial charge < -0.3 is 5.73 Å². The van der Waals surface area contributed by atoms with Gasteiger partial charge in [-0.15, -0.1) is 11.6 Å². The number of hydrogen-bond donors (Lipinski definition) is 1. The highest BCUT2D eigenvalue weighted by Crippen LogP contribution is 2.33. The molecule has 0 bridgehead atoms. The minimum Gasteiger partial charge on any atom is -0.386 e. The summed E-state index contributed by atoms with van der Waals surface area (Å²) >= 11 is 7.18. The summed E-state index contributed by atoms with van der Waals surface area (Å²) in [5, 5.41) is 0. The zero-order valence-electron chi connectivity index (χ0n) is 7.85. The van der Waals surface area contributed by atoms with Crippen LogP contribution >= 0.6 is 34.2 Å². The molecule has 0 saturated heterocycles. The highest BCUT2D eigenvalue weighted by molar-refractivity contribution is 14.1. The number of nitrogens with two attached hydrogens (primary N) is 1. The third-order valence-corrected chi connectivity index (χ3v) is 2.52. The number of amidine groups is 1. The van der Waals surface area contributed by atoms with Crippen molar-refractivity contribution in [2.24, 2.45) is 10.7 Å². The van der Waals surface area contributed by atoms with Crippen molar-refractivity contribution in [3.63, 3.8) is 0 Å². The Hall–Kier alpha value is -0.500. The van der Waals surface area contributed by atoms with E-state index in [4.69, 9.17) is 17.3 Å². The number of aliphatic imine (C=N–C) groups is 1. The van der Waals surface area contributed by atoms with Gasteiger partial charge in [0, 0.05) is 3.57 Å². The summed E-state index contributed by atoms with van der Waals surface area (Å²) in [7, 11) is 0. The molecule has 0 saturated carbocycles. The molecule has 88 valence electrons. The molecule has 0 aliphatic carbocycles. The summed E-state index contributed by atoms with van der Waals surface area (Å²) in [5.41, 5.74) is 4.75. The lowest BCUT2D eigenvalue weighted by Gasteiger charge is -2.08. The topological polar surface area (TPSA) is 38.4 Å². The second-order valence-corrected chi connectivity index (χ2v) is 4.45. The van der Waals surface area contributed by atoms with Gasteiger partial charge in [-0.3, -0.25) is 0 Å². The SMILES string of the molecule is NC(CCl)=Nc1cc(I)cc(C(F)(F)F)c1. The lowest BCUT2D eigenvalue weighted by Crippen LogP contribution is -2.12. The van der Waals surface area contributed by atoms with Gasteiger partial charge in [0.2, 0.25) is 0 Å². The molecule has 0 aromatic heterocycles.